The van der Waals surface area contributed by atoms with Gasteiger partial charge < -0.3 is 4.57 Å². The molecule has 0 aliphatic rings. The number of aryl methyl sites for hydroxylation is 1. The molecule has 0 atom stereocenters. The summed E-state index contributed by atoms with van der Waals surface area (Å²) < 4.78 is 5.04. The first kappa shape index (κ1) is 13.5. The van der Waals surface area contributed by atoms with Gasteiger partial charge in [0.2, 0.25) is 0 Å². The van der Waals surface area contributed by atoms with Crippen LogP contribution in [0.15, 0.2) is 72.8 Å². The van der Waals surface area contributed by atoms with Crippen molar-refractivity contribution in [3.63, 3.8) is 0 Å². The van der Waals surface area contributed by atoms with E-state index in [1.54, 1.807) is 0 Å². The zero-order valence-electron chi connectivity index (χ0n) is 13.8. The predicted octanol–water partition coefficient (Wildman–Crippen LogP) is 6.85. The van der Waals surface area contributed by atoms with Crippen molar-refractivity contribution in [1.82, 2.24) is 4.57 Å². The minimum atomic E-state index is 1.29. The van der Waals surface area contributed by atoms with E-state index in [1.807, 2.05) is 11.3 Å². The van der Waals surface area contributed by atoms with Gasteiger partial charge in [-0.3, -0.25) is 0 Å². The van der Waals surface area contributed by atoms with Crippen LogP contribution in [0.4, 0.5) is 0 Å². The molecule has 0 radical (unpaired) electrons. The number of nitrogens with zero attached hydrogens (tertiary/aromatic N) is 1. The number of thiophene rings is 1. The second-order valence-electron chi connectivity index (χ2n) is 6.67. The molecule has 2 heterocycles. The molecule has 118 valence electrons. The van der Waals surface area contributed by atoms with Crippen LogP contribution in [0.2, 0.25) is 0 Å². The highest BCUT2D eigenvalue weighted by Crippen LogP contribution is 2.42. The lowest BCUT2D eigenvalue weighted by Gasteiger charge is -2.04. The first-order valence-electron chi connectivity index (χ1n) is 8.53. The summed E-state index contributed by atoms with van der Waals surface area (Å²) in [6.07, 6.45) is 0. The topological polar surface area (TPSA) is 4.93 Å². The Balaban J connectivity index is 1.94. The molecule has 4 aromatic carbocycles. The lowest BCUT2D eigenvalue weighted by molar-refractivity contribution is 1.01. The molecule has 2 heteroatoms. The zero-order valence-corrected chi connectivity index (χ0v) is 14.6. The number of fused-ring (bicyclic) bond motifs is 9. The van der Waals surface area contributed by atoms with Gasteiger partial charge in [-0.05, 0) is 35.0 Å². The van der Waals surface area contributed by atoms with E-state index in [4.69, 9.17) is 0 Å². The fraction of sp³-hybridized carbons (Fsp3) is 0.0435. The zero-order chi connectivity index (χ0) is 16.5. The summed E-state index contributed by atoms with van der Waals surface area (Å²) in [4.78, 5) is 0. The minimum absolute atomic E-state index is 1.29. The van der Waals surface area contributed by atoms with E-state index in [1.165, 1.54) is 52.8 Å². The van der Waals surface area contributed by atoms with Crippen LogP contribution < -0.4 is 0 Å². The van der Waals surface area contributed by atoms with Gasteiger partial charge in [0.05, 0.1) is 0 Å². The third kappa shape index (κ3) is 1.62. The SMILES string of the molecule is Cn1c2ccccc2c2c3ccc4sc5ccccc5c4c3ccc21. The van der Waals surface area contributed by atoms with Gasteiger partial charge in [-0.2, -0.15) is 0 Å². The average molecular weight is 337 g/mol. The molecule has 0 saturated carbocycles. The monoisotopic (exact) mass is 337 g/mol. The van der Waals surface area contributed by atoms with Crippen molar-refractivity contribution in [2.75, 3.05) is 0 Å². The van der Waals surface area contributed by atoms with Crippen LogP contribution in [0, 0.1) is 0 Å². The fourth-order valence-electron chi connectivity index (χ4n) is 4.29. The Morgan fingerprint density at radius 2 is 1.28 bits per heavy atom. The minimum Gasteiger partial charge on any atom is -0.344 e. The molecule has 0 aliphatic carbocycles. The van der Waals surface area contributed by atoms with Gasteiger partial charge in [-0.25, -0.2) is 0 Å². The Kier molecular flexibility index (Phi) is 2.48. The van der Waals surface area contributed by atoms with Crippen LogP contribution in [0.5, 0.6) is 0 Å². The molecular formula is C23H15NS. The Morgan fingerprint density at radius 3 is 2.20 bits per heavy atom. The second kappa shape index (κ2) is 4.62. The summed E-state index contributed by atoms with van der Waals surface area (Å²) in [5.41, 5.74) is 2.59. The second-order valence-corrected chi connectivity index (χ2v) is 7.75. The molecule has 2 aromatic heterocycles. The van der Waals surface area contributed by atoms with Gasteiger partial charge in [0.15, 0.2) is 0 Å². The molecule has 6 aromatic rings. The summed E-state index contributed by atoms with van der Waals surface area (Å²) in [6, 6.07) is 26.6. The van der Waals surface area contributed by atoms with Crippen LogP contribution in [-0.2, 0) is 7.05 Å². The molecule has 1 nitrogen and oxygen atoms in total. The van der Waals surface area contributed by atoms with E-state index >= 15 is 0 Å². The summed E-state index contributed by atoms with van der Waals surface area (Å²) in [7, 11) is 2.16. The molecule has 0 saturated heterocycles. The average Bonchev–Trinajstić information content (AvgIpc) is 3.18. The molecule has 0 bridgehead atoms. The lowest BCUT2D eigenvalue weighted by Crippen LogP contribution is -1.86. The maximum atomic E-state index is 2.31. The molecule has 6 rings (SSSR count). The highest BCUT2D eigenvalue weighted by molar-refractivity contribution is 7.26. The van der Waals surface area contributed by atoms with Crippen LogP contribution in [0.25, 0.3) is 52.8 Å². The molecule has 25 heavy (non-hydrogen) atoms. The molecule has 0 N–H and O–H groups in total. The van der Waals surface area contributed by atoms with Gasteiger partial charge in [-0.15, -0.1) is 11.3 Å². The Hall–Kier alpha value is -2.84. The van der Waals surface area contributed by atoms with E-state index in [0.29, 0.717) is 0 Å². The number of aromatic nitrogens is 1. The Labute approximate surface area is 148 Å². The number of para-hydroxylation sites is 1. The lowest BCUT2D eigenvalue weighted by atomic mass is 9.99. The van der Waals surface area contributed by atoms with Gasteiger partial charge in [-0.1, -0.05) is 48.5 Å². The summed E-state index contributed by atoms with van der Waals surface area (Å²) in [5.74, 6) is 0. The van der Waals surface area contributed by atoms with E-state index in [-0.39, 0.29) is 0 Å². The maximum Gasteiger partial charge on any atom is 0.0495 e. The van der Waals surface area contributed by atoms with E-state index in [0.717, 1.165) is 0 Å². The van der Waals surface area contributed by atoms with Crippen LogP contribution in [0.1, 0.15) is 0 Å². The van der Waals surface area contributed by atoms with Gasteiger partial charge in [0, 0.05) is 49.0 Å². The third-order valence-electron chi connectivity index (χ3n) is 5.41. The normalized spacial score (nSPS) is 12.2. The van der Waals surface area contributed by atoms with Crippen LogP contribution in [0.3, 0.4) is 0 Å². The predicted molar refractivity (Wildman–Crippen MR) is 111 cm³/mol. The quantitative estimate of drug-likeness (QED) is 0.285. The van der Waals surface area contributed by atoms with Crippen molar-refractivity contribution in [2.45, 2.75) is 0 Å². The summed E-state index contributed by atoms with van der Waals surface area (Å²) in [6.45, 7) is 0. The molecule has 0 unspecified atom stereocenters. The van der Waals surface area contributed by atoms with Crippen molar-refractivity contribution in [3.8, 4) is 0 Å². The highest BCUT2D eigenvalue weighted by atomic mass is 32.1. The largest absolute Gasteiger partial charge is 0.344 e. The number of benzene rings is 4. The van der Waals surface area contributed by atoms with Crippen molar-refractivity contribution < 1.29 is 0 Å². The first-order valence-corrected chi connectivity index (χ1v) is 9.35. The van der Waals surface area contributed by atoms with Crippen molar-refractivity contribution in [2.24, 2.45) is 7.05 Å². The smallest absolute Gasteiger partial charge is 0.0495 e. The van der Waals surface area contributed by atoms with Gasteiger partial charge in [0.1, 0.15) is 0 Å². The maximum absolute atomic E-state index is 2.31. The summed E-state index contributed by atoms with van der Waals surface area (Å²) in [5, 5.41) is 8.18. The van der Waals surface area contributed by atoms with Crippen LogP contribution >= 0.6 is 11.3 Å². The molecular weight excluding hydrogens is 322 g/mol. The highest BCUT2D eigenvalue weighted by Gasteiger charge is 2.14. The van der Waals surface area contributed by atoms with Gasteiger partial charge >= 0.3 is 0 Å². The van der Waals surface area contributed by atoms with Crippen molar-refractivity contribution >= 4 is 64.1 Å². The van der Waals surface area contributed by atoms with Crippen molar-refractivity contribution in [3.05, 3.63) is 72.8 Å². The van der Waals surface area contributed by atoms with Crippen molar-refractivity contribution in [1.29, 1.82) is 0 Å². The standard InChI is InChI=1S/C23H15NS/c1-24-18-8-4-2-6-16(18)22-14-11-13-21-23(15(14)10-12-19(22)24)17-7-3-5-9-20(17)25-21/h2-13H,1H3. The first-order chi connectivity index (χ1) is 12.3. The molecule has 0 spiro atoms. The van der Waals surface area contributed by atoms with Crippen LogP contribution in [-0.4, -0.2) is 4.57 Å². The van der Waals surface area contributed by atoms with Gasteiger partial charge in [0.25, 0.3) is 0 Å². The number of hydrogen-bond donors (Lipinski definition) is 0. The Morgan fingerprint density at radius 1 is 0.560 bits per heavy atom. The summed E-state index contributed by atoms with van der Waals surface area (Å²) >= 11 is 1.89. The molecule has 0 aliphatic heterocycles. The third-order valence-corrected chi connectivity index (χ3v) is 6.55. The van der Waals surface area contributed by atoms with E-state index in [2.05, 4.69) is 84.4 Å². The number of rotatable bonds is 0. The number of hydrogen-bond acceptors (Lipinski definition) is 1. The Bertz CT molecular complexity index is 1450. The van der Waals surface area contributed by atoms with E-state index in [9.17, 15) is 0 Å². The fourth-order valence-corrected chi connectivity index (χ4v) is 5.41. The molecule has 0 fully saturated rings. The molecule has 0 amide bonds. The van der Waals surface area contributed by atoms with E-state index < -0.39 is 0 Å².